The lowest BCUT2D eigenvalue weighted by molar-refractivity contribution is -0.126. The summed E-state index contributed by atoms with van der Waals surface area (Å²) in [6.45, 7) is 4.17. The number of alkyl halides is 1. The standard InChI is InChI=1S/C11H20ClNOS/c1-3-11(2,5-6-12)13-10(14)9-4-7-15-8-9/h9H,3-8H2,1-2H3,(H,13,14). The quantitative estimate of drug-likeness (QED) is 0.759. The van der Waals surface area contributed by atoms with Gasteiger partial charge in [0.2, 0.25) is 5.91 Å². The second-order valence-electron chi connectivity index (χ2n) is 4.40. The maximum Gasteiger partial charge on any atom is 0.224 e. The van der Waals surface area contributed by atoms with Crippen molar-refractivity contribution in [2.24, 2.45) is 5.92 Å². The molecule has 2 atom stereocenters. The normalized spacial score (nSPS) is 24.9. The third-order valence-electron chi connectivity index (χ3n) is 3.15. The van der Waals surface area contributed by atoms with Gasteiger partial charge in [0.15, 0.2) is 0 Å². The Labute approximate surface area is 102 Å². The van der Waals surface area contributed by atoms with Gasteiger partial charge in [-0.05, 0) is 31.9 Å². The van der Waals surface area contributed by atoms with Crippen molar-refractivity contribution in [3.8, 4) is 0 Å². The zero-order chi connectivity index (χ0) is 11.3. The Morgan fingerprint density at radius 2 is 2.40 bits per heavy atom. The van der Waals surface area contributed by atoms with E-state index < -0.39 is 0 Å². The first kappa shape index (κ1) is 13.2. The molecular weight excluding hydrogens is 230 g/mol. The van der Waals surface area contributed by atoms with Gasteiger partial charge in [-0.15, -0.1) is 11.6 Å². The fourth-order valence-electron chi connectivity index (χ4n) is 1.68. The van der Waals surface area contributed by atoms with E-state index in [1.54, 1.807) is 0 Å². The van der Waals surface area contributed by atoms with Gasteiger partial charge in [-0.2, -0.15) is 11.8 Å². The molecule has 1 aliphatic heterocycles. The van der Waals surface area contributed by atoms with E-state index in [4.69, 9.17) is 11.6 Å². The molecule has 4 heteroatoms. The number of thioether (sulfide) groups is 1. The van der Waals surface area contributed by atoms with E-state index >= 15 is 0 Å². The van der Waals surface area contributed by atoms with Crippen LogP contribution in [0.5, 0.6) is 0 Å². The summed E-state index contributed by atoms with van der Waals surface area (Å²) in [5.74, 6) is 3.14. The van der Waals surface area contributed by atoms with Crippen LogP contribution in [0.15, 0.2) is 0 Å². The number of hydrogen-bond acceptors (Lipinski definition) is 2. The summed E-state index contributed by atoms with van der Waals surface area (Å²) < 4.78 is 0. The first-order chi connectivity index (χ1) is 7.11. The number of carbonyl (C=O) groups is 1. The molecule has 0 saturated carbocycles. The van der Waals surface area contributed by atoms with Crippen LogP contribution in [-0.2, 0) is 4.79 Å². The van der Waals surface area contributed by atoms with E-state index in [0.717, 1.165) is 30.8 Å². The first-order valence-corrected chi connectivity index (χ1v) is 7.26. The van der Waals surface area contributed by atoms with Gasteiger partial charge >= 0.3 is 0 Å². The Morgan fingerprint density at radius 1 is 1.67 bits per heavy atom. The Hall–Kier alpha value is 0.110. The number of nitrogens with one attached hydrogen (secondary N) is 1. The summed E-state index contributed by atoms with van der Waals surface area (Å²) in [6, 6.07) is 0. The lowest BCUT2D eigenvalue weighted by Crippen LogP contribution is -2.48. The fraction of sp³-hybridized carbons (Fsp3) is 0.909. The summed E-state index contributed by atoms with van der Waals surface area (Å²) >= 11 is 7.62. The third kappa shape index (κ3) is 3.87. The predicted octanol–water partition coefficient (Wildman–Crippen LogP) is 2.65. The van der Waals surface area contributed by atoms with Gasteiger partial charge < -0.3 is 5.32 Å². The van der Waals surface area contributed by atoms with Crippen molar-refractivity contribution in [1.29, 1.82) is 0 Å². The summed E-state index contributed by atoms with van der Waals surface area (Å²) in [5.41, 5.74) is -0.119. The van der Waals surface area contributed by atoms with Crippen LogP contribution in [0.3, 0.4) is 0 Å². The van der Waals surface area contributed by atoms with Gasteiger partial charge in [-0.25, -0.2) is 0 Å². The maximum absolute atomic E-state index is 11.9. The highest BCUT2D eigenvalue weighted by atomic mass is 35.5. The SMILES string of the molecule is CCC(C)(CCCl)NC(=O)C1CCSC1. The average Bonchev–Trinajstić information content (AvgIpc) is 2.71. The lowest BCUT2D eigenvalue weighted by atomic mass is 9.94. The number of halogens is 1. The van der Waals surface area contributed by atoms with Crippen molar-refractivity contribution in [2.45, 2.75) is 38.6 Å². The minimum Gasteiger partial charge on any atom is -0.351 e. The number of hydrogen-bond donors (Lipinski definition) is 1. The molecule has 1 N–H and O–H groups in total. The minimum absolute atomic E-state index is 0.119. The fourth-order valence-corrected chi connectivity index (χ4v) is 3.31. The highest BCUT2D eigenvalue weighted by Gasteiger charge is 2.29. The molecule has 0 aromatic carbocycles. The molecule has 2 nitrogen and oxygen atoms in total. The van der Waals surface area contributed by atoms with Gasteiger partial charge in [-0.1, -0.05) is 6.92 Å². The molecule has 1 rings (SSSR count). The van der Waals surface area contributed by atoms with Crippen molar-refractivity contribution >= 4 is 29.3 Å². The lowest BCUT2D eigenvalue weighted by Gasteiger charge is -2.30. The predicted molar refractivity (Wildman–Crippen MR) is 67.6 cm³/mol. The van der Waals surface area contributed by atoms with Gasteiger partial charge in [0.05, 0.1) is 0 Å². The summed E-state index contributed by atoms with van der Waals surface area (Å²) in [7, 11) is 0. The second kappa shape index (κ2) is 6.00. The largest absolute Gasteiger partial charge is 0.351 e. The van der Waals surface area contributed by atoms with Gasteiger partial charge in [-0.3, -0.25) is 4.79 Å². The zero-order valence-electron chi connectivity index (χ0n) is 9.51. The van der Waals surface area contributed by atoms with Gasteiger partial charge in [0.25, 0.3) is 0 Å². The monoisotopic (exact) mass is 249 g/mol. The molecule has 1 saturated heterocycles. The van der Waals surface area contributed by atoms with E-state index in [1.807, 2.05) is 11.8 Å². The molecule has 0 bridgehead atoms. The molecule has 1 heterocycles. The van der Waals surface area contributed by atoms with Crippen molar-refractivity contribution < 1.29 is 4.79 Å². The van der Waals surface area contributed by atoms with Crippen LogP contribution >= 0.6 is 23.4 Å². The maximum atomic E-state index is 11.9. The van der Waals surface area contributed by atoms with E-state index in [9.17, 15) is 4.79 Å². The number of rotatable bonds is 5. The molecule has 1 fully saturated rings. The molecule has 0 radical (unpaired) electrons. The number of amides is 1. The van der Waals surface area contributed by atoms with E-state index in [1.165, 1.54) is 0 Å². The van der Waals surface area contributed by atoms with Gasteiger partial charge in [0, 0.05) is 23.1 Å². The average molecular weight is 250 g/mol. The van der Waals surface area contributed by atoms with Crippen LogP contribution in [0.1, 0.15) is 33.1 Å². The molecular formula is C11H20ClNOS. The van der Waals surface area contributed by atoms with E-state index in [-0.39, 0.29) is 17.4 Å². The van der Waals surface area contributed by atoms with Crippen molar-refractivity contribution in [2.75, 3.05) is 17.4 Å². The molecule has 15 heavy (non-hydrogen) atoms. The smallest absolute Gasteiger partial charge is 0.224 e. The summed E-state index contributed by atoms with van der Waals surface area (Å²) in [4.78, 5) is 11.9. The molecule has 1 aliphatic rings. The van der Waals surface area contributed by atoms with Crippen molar-refractivity contribution in [1.82, 2.24) is 5.32 Å². The van der Waals surface area contributed by atoms with Crippen LogP contribution in [0.25, 0.3) is 0 Å². The molecule has 0 spiro atoms. The molecule has 2 unspecified atom stereocenters. The molecule has 0 aromatic heterocycles. The molecule has 1 amide bonds. The first-order valence-electron chi connectivity index (χ1n) is 5.57. The summed E-state index contributed by atoms with van der Waals surface area (Å²) in [5, 5.41) is 3.15. The van der Waals surface area contributed by atoms with E-state index in [0.29, 0.717) is 5.88 Å². The third-order valence-corrected chi connectivity index (χ3v) is 4.50. The Kier molecular flexibility index (Phi) is 5.27. The van der Waals surface area contributed by atoms with E-state index in [2.05, 4.69) is 19.2 Å². The Morgan fingerprint density at radius 3 is 2.87 bits per heavy atom. The van der Waals surface area contributed by atoms with Crippen LogP contribution < -0.4 is 5.32 Å². The second-order valence-corrected chi connectivity index (χ2v) is 5.93. The van der Waals surface area contributed by atoms with Crippen LogP contribution in [0.2, 0.25) is 0 Å². The Balaban J connectivity index is 2.46. The van der Waals surface area contributed by atoms with Crippen LogP contribution in [0, 0.1) is 5.92 Å². The van der Waals surface area contributed by atoms with Crippen molar-refractivity contribution in [3.05, 3.63) is 0 Å². The van der Waals surface area contributed by atoms with Gasteiger partial charge in [0.1, 0.15) is 0 Å². The highest BCUT2D eigenvalue weighted by molar-refractivity contribution is 7.99. The number of carbonyl (C=O) groups excluding carboxylic acids is 1. The zero-order valence-corrected chi connectivity index (χ0v) is 11.1. The topological polar surface area (TPSA) is 29.1 Å². The van der Waals surface area contributed by atoms with Crippen molar-refractivity contribution in [3.63, 3.8) is 0 Å². The minimum atomic E-state index is -0.119. The van der Waals surface area contributed by atoms with Crippen LogP contribution in [-0.4, -0.2) is 28.8 Å². The molecule has 0 aliphatic carbocycles. The highest BCUT2D eigenvalue weighted by Crippen LogP contribution is 2.25. The Bertz CT molecular complexity index is 219. The van der Waals surface area contributed by atoms with Crippen LogP contribution in [0.4, 0.5) is 0 Å². The molecule has 0 aromatic rings. The summed E-state index contributed by atoms with van der Waals surface area (Å²) in [6.07, 6.45) is 2.80. The molecule has 88 valence electrons.